The molecule has 9 nitrogen and oxygen atoms in total. The van der Waals surface area contributed by atoms with Crippen molar-refractivity contribution in [3.05, 3.63) is 17.8 Å². The van der Waals surface area contributed by atoms with Crippen LogP contribution in [0.2, 0.25) is 0 Å². The Morgan fingerprint density at radius 2 is 2.08 bits per heavy atom. The van der Waals surface area contributed by atoms with E-state index in [1.54, 1.807) is 0 Å². The predicted molar refractivity (Wildman–Crippen MR) is 76.8 cm³/mol. The maximum atomic E-state index is 11.4. The predicted octanol–water partition coefficient (Wildman–Crippen LogP) is 0.872. The minimum atomic E-state index is -1.50. The number of rotatable bonds is 6. The molecule has 0 bridgehead atoms. The van der Waals surface area contributed by atoms with Gasteiger partial charge in [0.25, 0.3) is 0 Å². The average Bonchev–Trinajstić information content (AvgIpc) is 3.10. The average molecular weight is 341 g/mol. The Morgan fingerprint density at radius 3 is 2.58 bits per heavy atom. The summed E-state index contributed by atoms with van der Waals surface area (Å²) in [5.74, 6) is -2.79. The first-order chi connectivity index (χ1) is 11.3. The van der Waals surface area contributed by atoms with Gasteiger partial charge in [-0.3, -0.25) is 9.59 Å². The van der Waals surface area contributed by atoms with Crippen molar-refractivity contribution in [1.82, 2.24) is 4.98 Å². The van der Waals surface area contributed by atoms with Crippen molar-refractivity contribution in [3.63, 3.8) is 0 Å². The van der Waals surface area contributed by atoms with E-state index in [9.17, 15) is 19.5 Å². The quantitative estimate of drug-likeness (QED) is 0.750. The first-order valence-electron chi connectivity index (χ1n) is 7.46. The second kappa shape index (κ2) is 7.43. The molecule has 0 spiro atoms. The fourth-order valence-corrected chi connectivity index (χ4v) is 2.56. The van der Waals surface area contributed by atoms with Crippen LogP contribution in [-0.4, -0.2) is 46.8 Å². The number of carboxylic acid groups (broad SMARTS) is 1. The fourth-order valence-electron chi connectivity index (χ4n) is 2.56. The highest BCUT2D eigenvalue weighted by molar-refractivity contribution is 5.77. The highest BCUT2D eigenvalue weighted by Gasteiger charge is 2.50. The van der Waals surface area contributed by atoms with Gasteiger partial charge in [0.2, 0.25) is 12.0 Å². The van der Waals surface area contributed by atoms with Crippen molar-refractivity contribution in [2.45, 2.75) is 45.5 Å². The number of carboxylic acids is 1. The van der Waals surface area contributed by atoms with E-state index in [1.807, 2.05) is 6.92 Å². The summed E-state index contributed by atoms with van der Waals surface area (Å²) in [6, 6.07) is 0. The van der Waals surface area contributed by atoms with E-state index in [-0.39, 0.29) is 12.5 Å². The van der Waals surface area contributed by atoms with Gasteiger partial charge in [-0.25, -0.2) is 9.78 Å². The second-order valence-corrected chi connectivity index (χ2v) is 5.38. The number of aryl methyl sites for hydroxylation is 1. The molecule has 0 amide bonds. The van der Waals surface area contributed by atoms with E-state index >= 15 is 0 Å². The Labute approximate surface area is 137 Å². The van der Waals surface area contributed by atoms with Crippen molar-refractivity contribution in [1.29, 1.82) is 0 Å². The largest absolute Gasteiger partial charge is 0.478 e. The van der Waals surface area contributed by atoms with Crippen molar-refractivity contribution >= 4 is 17.9 Å². The molecule has 0 saturated carbocycles. The normalized spacial score (nSPS) is 24.4. The van der Waals surface area contributed by atoms with Gasteiger partial charge in [0.15, 0.2) is 6.10 Å². The SMILES string of the molecule is CCc1cnc([C@H]2OC[C@@H]([C@H](OC(C)=O)C(=O)O)[C@H]2OC(C)=O)o1. The van der Waals surface area contributed by atoms with E-state index in [0.29, 0.717) is 12.2 Å². The molecule has 1 aliphatic heterocycles. The summed E-state index contributed by atoms with van der Waals surface area (Å²) in [6.45, 7) is 4.09. The second-order valence-electron chi connectivity index (χ2n) is 5.38. The number of aliphatic carboxylic acids is 1. The van der Waals surface area contributed by atoms with Crippen LogP contribution >= 0.6 is 0 Å². The lowest BCUT2D eigenvalue weighted by Gasteiger charge is -2.25. The maximum absolute atomic E-state index is 11.4. The zero-order chi connectivity index (χ0) is 17.9. The monoisotopic (exact) mass is 341 g/mol. The van der Waals surface area contributed by atoms with Crippen molar-refractivity contribution in [2.24, 2.45) is 5.92 Å². The molecule has 1 aromatic rings. The third-order valence-electron chi connectivity index (χ3n) is 3.58. The molecule has 1 fully saturated rings. The van der Waals surface area contributed by atoms with Crippen LogP contribution in [0.3, 0.4) is 0 Å². The van der Waals surface area contributed by atoms with Crippen molar-refractivity contribution < 1.29 is 38.1 Å². The van der Waals surface area contributed by atoms with Gasteiger partial charge in [-0.2, -0.15) is 0 Å². The van der Waals surface area contributed by atoms with Crippen LogP contribution in [0.15, 0.2) is 10.6 Å². The van der Waals surface area contributed by atoms with Gasteiger partial charge in [-0.1, -0.05) is 6.92 Å². The third kappa shape index (κ3) is 3.91. The molecule has 1 N–H and O–H groups in total. The zero-order valence-corrected chi connectivity index (χ0v) is 13.6. The molecule has 132 valence electrons. The summed E-state index contributed by atoms with van der Waals surface area (Å²) in [5, 5.41) is 9.32. The molecule has 0 unspecified atom stereocenters. The molecule has 1 aromatic heterocycles. The van der Waals surface area contributed by atoms with Crippen LogP contribution in [0.4, 0.5) is 0 Å². The molecule has 9 heteroatoms. The van der Waals surface area contributed by atoms with Crippen LogP contribution in [0.25, 0.3) is 0 Å². The van der Waals surface area contributed by atoms with Crippen LogP contribution in [-0.2, 0) is 35.0 Å². The number of oxazole rings is 1. The molecule has 4 atom stereocenters. The van der Waals surface area contributed by atoms with Gasteiger partial charge in [0.1, 0.15) is 11.9 Å². The highest BCUT2D eigenvalue weighted by atomic mass is 16.6. The molecular formula is C15H19NO8. The number of ether oxygens (including phenoxy) is 3. The molecular weight excluding hydrogens is 322 g/mol. The van der Waals surface area contributed by atoms with Crippen LogP contribution in [0, 0.1) is 5.92 Å². The lowest BCUT2D eigenvalue weighted by molar-refractivity contribution is -0.172. The minimum absolute atomic E-state index is 0.0866. The highest BCUT2D eigenvalue weighted by Crippen LogP contribution is 2.37. The number of carbonyl (C=O) groups excluding carboxylic acids is 2. The van der Waals surface area contributed by atoms with Crippen LogP contribution in [0.1, 0.15) is 38.5 Å². The van der Waals surface area contributed by atoms with E-state index in [4.69, 9.17) is 18.6 Å². The van der Waals surface area contributed by atoms with Crippen molar-refractivity contribution in [2.75, 3.05) is 6.61 Å². The van der Waals surface area contributed by atoms with Gasteiger partial charge in [-0.05, 0) is 0 Å². The summed E-state index contributed by atoms with van der Waals surface area (Å²) in [5.41, 5.74) is 0. The lowest BCUT2D eigenvalue weighted by Crippen LogP contribution is -2.42. The van der Waals surface area contributed by atoms with Gasteiger partial charge in [0.05, 0.1) is 18.7 Å². The minimum Gasteiger partial charge on any atom is -0.478 e. The standard InChI is InChI=1S/C15H19NO8/c1-4-9-5-16-14(24-9)13-11(22-7(2)17)10(6-21-13)12(15(19)20)23-8(3)18/h5,10-13H,4,6H2,1-3H3,(H,19,20)/t10-,11-,12+,13+/m1/s1. The maximum Gasteiger partial charge on any atom is 0.345 e. The fraction of sp³-hybridized carbons (Fsp3) is 0.600. The number of esters is 2. The molecule has 0 aliphatic carbocycles. The number of aromatic nitrogens is 1. The molecule has 1 saturated heterocycles. The Balaban J connectivity index is 2.29. The topological polar surface area (TPSA) is 125 Å². The van der Waals surface area contributed by atoms with Gasteiger partial charge >= 0.3 is 17.9 Å². The molecule has 0 radical (unpaired) electrons. The van der Waals surface area contributed by atoms with E-state index < -0.39 is 42.1 Å². The summed E-state index contributed by atoms with van der Waals surface area (Å²) in [6.07, 6.45) is -1.22. The Bertz CT molecular complexity index is 625. The first kappa shape index (κ1) is 17.9. The molecule has 2 rings (SSSR count). The summed E-state index contributed by atoms with van der Waals surface area (Å²) < 4.78 is 21.1. The van der Waals surface area contributed by atoms with Crippen molar-refractivity contribution in [3.8, 4) is 0 Å². The molecule has 24 heavy (non-hydrogen) atoms. The summed E-state index contributed by atoms with van der Waals surface area (Å²) in [7, 11) is 0. The Kier molecular flexibility index (Phi) is 5.55. The third-order valence-corrected chi connectivity index (χ3v) is 3.58. The number of carbonyl (C=O) groups is 3. The van der Waals surface area contributed by atoms with Gasteiger partial charge in [0, 0.05) is 20.3 Å². The Hall–Kier alpha value is -2.42. The zero-order valence-electron chi connectivity index (χ0n) is 13.6. The number of hydrogen-bond acceptors (Lipinski definition) is 8. The number of hydrogen-bond donors (Lipinski definition) is 1. The Morgan fingerprint density at radius 1 is 1.38 bits per heavy atom. The van der Waals surface area contributed by atoms with E-state index in [2.05, 4.69) is 4.98 Å². The van der Waals surface area contributed by atoms with Crippen LogP contribution in [0.5, 0.6) is 0 Å². The molecule has 1 aliphatic rings. The van der Waals surface area contributed by atoms with Gasteiger partial charge < -0.3 is 23.7 Å². The number of nitrogens with zero attached hydrogens (tertiary/aromatic N) is 1. The van der Waals surface area contributed by atoms with Gasteiger partial charge in [-0.15, -0.1) is 0 Å². The smallest absolute Gasteiger partial charge is 0.345 e. The lowest BCUT2D eigenvalue weighted by atomic mass is 9.95. The molecule has 2 heterocycles. The summed E-state index contributed by atoms with van der Waals surface area (Å²) in [4.78, 5) is 38.1. The van der Waals surface area contributed by atoms with Crippen LogP contribution < -0.4 is 0 Å². The molecule has 0 aromatic carbocycles. The first-order valence-corrected chi connectivity index (χ1v) is 7.46. The van der Waals surface area contributed by atoms with E-state index in [0.717, 1.165) is 6.92 Å². The van der Waals surface area contributed by atoms with E-state index in [1.165, 1.54) is 13.1 Å². The summed E-state index contributed by atoms with van der Waals surface area (Å²) >= 11 is 0.